The molecule has 0 saturated carbocycles. The van der Waals surface area contributed by atoms with Gasteiger partial charge in [-0.25, -0.2) is 9.37 Å². The zero-order valence-corrected chi connectivity index (χ0v) is 15.9. The van der Waals surface area contributed by atoms with Crippen LogP contribution in [-0.2, 0) is 0 Å². The molecule has 30 heavy (non-hydrogen) atoms. The highest BCUT2D eigenvalue weighted by Crippen LogP contribution is 2.19. The first-order valence-corrected chi connectivity index (χ1v) is 9.13. The molecule has 1 N–H and O–H groups in total. The zero-order chi connectivity index (χ0) is 21.3. The standard InChI is InChI=1S/C23H16FN3O3/c1-14(28)17-5-2-3-7-20(17)26-23(30)19-13-27(16-10-8-15(24)9-11-16)22-18(21(19)29)6-4-12-25-22/h2-13H,1H3,(H,26,30). The quantitative estimate of drug-likeness (QED) is 0.525. The first kappa shape index (κ1) is 19.2. The number of carbonyl (C=O) groups excluding carboxylic acids is 2. The molecule has 0 aliphatic heterocycles. The van der Waals surface area contributed by atoms with Crippen molar-refractivity contribution in [1.29, 1.82) is 0 Å². The van der Waals surface area contributed by atoms with E-state index in [4.69, 9.17) is 0 Å². The summed E-state index contributed by atoms with van der Waals surface area (Å²) >= 11 is 0. The lowest BCUT2D eigenvalue weighted by Gasteiger charge is -2.13. The fourth-order valence-corrected chi connectivity index (χ4v) is 3.21. The fraction of sp³-hybridized carbons (Fsp3) is 0.0435. The maximum Gasteiger partial charge on any atom is 0.261 e. The number of hydrogen-bond acceptors (Lipinski definition) is 4. The second kappa shape index (κ2) is 7.71. The van der Waals surface area contributed by atoms with Crippen LogP contribution in [0.15, 0.2) is 77.9 Å². The summed E-state index contributed by atoms with van der Waals surface area (Å²) in [6.45, 7) is 1.40. The van der Waals surface area contributed by atoms with Gasteiger partial charge in [-0.3, -0.25) is 14.4 Å². The van der Waals surface area contributed by atoms with Crippen molar-refractivity contribution in [3.05, 3.63) is 100 Å². The van der Waals surface area contributed by atoms with E-state index in [2.05, 4.69) is 10.3 Å². The maximum atomic E-state index is 13.4. The molecule has 0 aliphatic carbocycles. The number of carbonyl (C=O) groups is 2. The summed E-state index contributed by atoms with van der Waals surface area (Å²) in [5.41, 5.74) is 0.918. The summed E-state index contributed by atoms with van der Waals surface area (Å²) in [5, 5.41) is 2.89. The molecule has 148 valence electrons. The van der Waals surface area contributed by atoms with Crippen molar-refractivity contribution < 1.29 is 14.0 Å². The smallest absolute Gasteiger partial charge is 0.261 e. The molecule has 2 aromatic heterocycles. The Balaban J connectivity index is 1.86. The molecule has 0 aliphatic rings. The fourth-order valence-electron chi connectivity index (χ4n) is 3.21. The molecule has 7 heteroatoms. The highest BCUT2D eigenvalue weighted by Gasteiger charge is 2.18. The van der Waals surface area contributed by atoms with Gasteiger partial charge in [0.05, 0.1) is 11.1 Å². The van der Waals surface area contributed by atoms with Gasteiger partial charge in [-0.2, -0.15) is 0 Å². The van der Waals surface area contributed by atoms with Crippen molar-refractivity contribution in [3.63, 3.8) is 0 Å². The van der Waals surface area contributed by atoms with E-state index >= 15 is 0 Å². The summed E-state index contributed by atoms with van der Waals surface area (Å²) in [4.78, 5) is 42.0. The van der Waals surface area contributed by atoms with Crippen LogP contribution in [0.4, 0.5) is 10.1 Å². The van der Waals surface area contributed by atoms with Crippen LogP contribution in [0.3, 0.4) is 0 Å². The van der Waals surface area contributed by atoms with Gasteiger partial charge in [0.15, 0.2) is 5.78 Å². The predicted octanol–water partition coefficient (Wildman–Crippen LogP) is 3.98. The molecular weight excluding hydrogens is 385 g/mol. The van der Waals surface area contributed by atoms with Crippen LogP contribution in [-0.4, -0.2) is 21.2 Å². The Morgan fingerprint density at radius 2 is 1.70 bits per heavy atom. The highest BCUT2D eigenvalue weighted by atomic mass is 19.1. The molecule has 0 atom stereocenters. The largest absolute Gasteiger partial charge is 0.321 e. The summed E-state index contributed by atoms with van der Waals surface area (Å²) in [6.07, 6.45) is 2.90. The Hall–Kier alpha value is -4.13. The van der Waals surface area contributed by atoms with Gasteiger partial charge in [-0.05, 0) is 55.5 Å². The number of aromatic nitrogens is 2. The number of anilines is 1. The molecule has 2 heterocycles. The number of ketones is 1. The predicted molar refractivity (Wildman–Crippen MR) is 112 cm³/mol. The van der Waals surface area contributed by atoms with Crippen LogP contribution < -0.4 is 10.7 Å². The lowest BCUT2D eigenvalue weighted by molar-refractivity contribution is 0.101. The number of benzene rings is 2. The van der Waals surface area contributed by atoms with E-state index in [0.717, 1.165) is 0 Å². The number of nitrogens with one attached hydrogen (secondary N) is 1. The molecule has 0 fully saturated rings. The van der Waals surface area contributed by atoms with Crippen molar-refractivity contribution in [2.24, 2.45) is 0 Å². The van der Waals surface area contributed by atoms with Gasteiger partial charge >= 0.3 is 0 Å². The Morgan fingerprint density at radius 1 is 0.967 bits per heavy atom. The normalized spacial score (nSPS) is 10.7. The third-order valence-corrected chi connectivity index (χ3v) is 4.67. The minimum atomic E-state index is -0.657. The van der Waals surface area contributed by atoms with Crippen molar-refractivity contribution in [1.82, 2.24) is 9.55 Å². The van der Waals surface area contributed by atoms with Crippen LogP contribution >= 0.6 is 0 Å². The van der Waals surface area contributed by atoms with E-state index in [1.165, 1.54) is 43.6 Å². The molecular formula is C23H16FN3O3. The topological polar surface area (TPSA) is 81.1 Å². The SMILES string of the molecule is CC(=O)c1ccccc1NC(=O)c1cn(-c2ccc(F)cc2)c2ncccc2c1=O. The van der Waals surface area contributed by atoms with E-state index < -0.39 is 17.2 Å². The Bertz CT molecular complexity index is 1340. The second-order valence-corrected chi connectivity index (χ2v) is 6.65. The van der Waals surface area contributed by atoms with Gasteiger partial charge in [0.25, 0.3) is 5.91 Å². The second-order valence-electron chi connectivity index (χ2n) is 6.65. The number of halogens is 1. The van der Waals surface area contributed by atoms with Crippen molar-refractivity contribution >= 4 is 28.4 Å². The summed E-state index contributed by atoms with van der Waals surface area (Å²) in [7, 11) is 0. The Labute approximate surface area is 170 Å². The molecule has 4 aromatic rings. The highest BCUT2D eigenvalue weighted by molar-refractivity contribution is 6.09. The number of hydrogen-bond donors (Lipinski definition) is 1. The Morgan fingerprint density at radius 3 is 2.43 bits per heavy atom. The molecule has 0 spiro atoms. The molecule has 0 radical (unpaired) electrons. The van der Waals surface area contributed by atoms with Gasteiger partial charge in [-0.1, -0.05) is 12.1 Å². The average molecular weight is 401 g/mol. The first-order valence-electron chi connectivity index (χ1n) is 9.13. The molecule has 1 amide bonds. The van der Waals surface area contributed by atoms with E-state index in [9.17, 15) is 18.8 Å². The van der Waals surface area contributed by atoms with E-state index in [1.807, 2.05) is 0 Å². The van der Waals surface area contributed by atoms with Crippen LogP contribution in [0.1, 0.15) is 27.6 Å². The van der Waals surface area contributed by atoms with Crippen molar-refractivity contribution in [3.8, 4) is 5.69 Å². The van der Waals surface area contributed by atoms with Gasteiger partial charge in [0.1, 0.15) is 17.0 Å². The number of Topliss-reactive ketones (excluding diaryl/α,β-unsaturated/α-hetero) is 1. The minimum Gasteiger partial charge on any atom is -0.321 e. The molecule has 2 aromatic carbocycles. The molecule has 0 unspecified atom stereocenters. The third-order valence-electron chi connectivity index (χ3n) is 4.67. The van der Waals surface area contributed by atoms with Crippen LogP contribution in [0.5, 0.6) is 0 Å². The lowest BCUT2D eigenvalue weighted by atomic mass is 10.1. The number of amides is 1. The van der Waals surface area contributed by atoms with Gasteiger partial charge in [0, 0.05) is 23.6 Å². The van der Waals surface area contributed by atoms with E-state index in [-0.39, 0.29) is 16.7 Å². The third kappa shape index (κ3) is 3.48. The molecule has 0 saturated heterocycles. The number of para-hydroxylation sites is 1. The van der Waals surface area contributed by atoms with Crippen LogP contribution in [0, 0.1) is 5.82 Å². The van der Waals surface area contributed by atoms with Crippen molar-refractivity contribution in [2.75, 3.05) is 5.32 Å². The number of rotatable bonds is 4. The van der Waals surface area contributed by atoms with E-state index in [0.29, 0.717) is 22.6 Å². The summed E-state index contributed by atoms with van der Waals surface area (Å²) in [6, 6.07) is 15.4. The van der Waals surface area contributed by atoms with Crippen molar-refractivity contribution in [2.45, 2.75) is 6.92 Å². The minimum absolute atomic E-state index is 0.127. The molecule has 6 nitrogen and oxygen atoms in total. The summed E-state index contributed by atoms with van der Waals surface area (Å²) in [5.74, 6) is -1.27. The van der Waals surface area contributed by atoms with Gasteiger partial charge in [0.2, 0.25) is 5.43 Å². The number of pyridine rings is 2. The first-order chi connectivity index (χ1) is 14.5. The molecule has 0 bridgehead atoms. The van der Waals surface area contributed by atoms with E-state index in [1.54, 1.807) is 41.0 Å². The maximum absolute atomic E-state index is 13.4. The van der Waals surface area contributed by atoms with Gasteiger partial charge in [-0.15, -0.1) is 0 Å². The lowest BCUT2D eigenvalue weighted by Crippen LogP contribution is -2.24. The Kier molecular flexibility index (Phi) is 4.93. The van der Waals surface area contributed by atoms with Crippen LogP contribution in [0.2, 0.25) is 0 Å². The number of nitrogens with zero attached hydrogens (tertiary/aromatic N) is 2. The monoisotopic (exact) mass is 401 g/mol. The number of fused-ring (bicyclic) bond motifs is 1. The van der Waals surface area contributed by atoms with Crippen LogP contribution in [0.25, 0.3) is 16.7 Å². The molecule has 4 rings (SSSR count). The average Bonchev–Trinajstić information content (AvgIpc) is 2.75. The summed E-state index contributed by atoms with van der Waals surface area (Å²) < 4.78 is 14.9. The zero-order valence-electron chi connectivity index (χ0n) is 15.9. The van der Waals surface area contributed by atoms with Gasteiger partial charge < -0.3 is 9.88 Å².